The van der Waals surface area contributed by atoms with Crippen molar-refractivity contribution in [3.63, 3.8) is 0 Å². The first kappa shape index (κ1) is 13.8. The number of ether oxygens (including phenoxy) is 1. The molecule has 0 aliphatic heterocycles. The van der Waals surface area contributed by atoms with Gasteiger partial charge in [0.2, 0.25) is 5.95 Å². The quantitative estimate of drug-likeness (QED) is 0.863. The van der Waals surface area contributed by atoms with Gasteiger partial charge in [0.05, 0.1) is 13.2 Å². The van der Waals surface area contributed by atoms with Crippen LogP contribution in [-0.2, 0) is 0 Å². The first-order valence-corrected chi connectivity index (χ1v) is 6.24. The van der Waals surface area contributed by atoms with Crippen LogP contribution in [0.3, 0.4) is 0 Å². The number of rotatable bonds is 4. The summed E-state index contributed by atoms with van der Waals surface area (Å²) >= 11 is 0. The molecule has 2 rings (SSSR count). The molecule has 1 heterocycles. The molecule has 102 valence electrons. The molecule has 5 heteroatoms. The van der Waals surface area contributed by atoms with Crippen molar-refractivity contribution in [2.24, 2.45) is 0 Å². The normalized spacial score (nSPS) is 9.90. The number of nitriles is 1. The smallest absolute Gasteiger partial charge is 0.223 e. The highest BCUT2D eigenvalue weighted by molar-refractivity contribution is 5.69. The summed E-state index contributed by atoms with van der Waals surface area (Å²) in [6.45, 7) is 4.27. The fraction of sp³-hybridized carbons (Fsp3) is 0.267. The van der Waals surface area contributed by atoms with Crippen molar-refractivity contribution in [2.75, 3.05) is 19.0 Å². The summed E-state index contributed by atoms with van der Waals surface area (Å²) in [6.07, 6.45) is 3.50. The molecule has 0 saturated heterocycles. The Morgan fingerprint density at radius 2 is 1.90 bits per heavy atom. The van der Waals surface area contributed by atoms with Crippen LogP contribution >= 0.6 is 0 Å². The lowest BCUT2D eigenvalue weighted by atomic mass is 9.98. The number of methoxy groups -OCH3 is 1. The van der Waals surface area contributed by atoms with E-state index in [0.717, 1.165) is 28.0 Å². The minimum Gasteiger partial charge on any atom is -0.496 e. The van der Waals surface area contributed by atoms with Gasteiger partial charge in [-0.1, -0.05) is 6.07 Å². The minimum absolute atomic E-state index is 0.194. The van der Waals surface area contributed by atoms with Crippen LogP contribution in [0, 0.1) is 25.2 Å². The molecule has 0 saturated carbocycles. The van der Waals surface area contributed by atoms with Crippen LogP contribution in [0.4, 0.5) is 5.95 Å². The molecular weight excluding hydrogens is 252 g/mol. The van der Waals surface area contributed by atoms with Crippen molar-refractivity contribution in [1.29, 1.82) is 5.26 Å². The van der Waals surface area contributed by atoms with Crippen LogP contribution in [-0.4, -0.2) is 23.6 Å². The molecule has 0 unspecified atom stereocenters. The van der Waals surface area contributed by atoms with Gasteiger partial charge >= 0.3 is 0 Å². The molecule has 0 fully saturated rings. The van der Waals surface area contributed by atoms with Crippen molar-refractivity contribution in [1.82, 2.24) is 9.97 Å². The van der Waals surface area contributed by atoms with Gasteiger partial charge in [-0.2, -0.15) is 5.26 Å². The van der Waals surface area contributed by atoms with E-state index >= 15 is 0 Å². The molecule has 1 aromatic carbocycles. The second-order valence-corrected chi connectivity index (χ2v) is 4.37. The van der Waals surface area contributed by atoms with Crippen LogP contribution in [0.15, 0.2) is 24.5 Å². The maximum Gasteiger partial charge on any atom is 0.223 e. The van der Waals surface area contributed by atoms with E-state index in [0.29, 0.717) is 5.95 Å². The predicted molar refractivity (Wildman–Crippen MR) is 77.6 cm³/mol. The summed E-state index contributed by atoms with van der Waals surface area (Å²) in [5, 5.41) is 11.3. The summed E-state index contributed by atoms with van der Waals surface area (Å²) in [6, 6.07) is 5.93. The van der Waals surface area contributed by atoms with Gasteiger partial charge in [0.25, 0.3) is 0 Å². The molecule has 1 aromatic heterocycles. The van der Waals surface area contributed by atoms with Crippen molar-refractivity contribution in [2.45, 2.75) is 13.8 Å². The predicted octanol–water partition coefficient (Wildman–Crippen LogP) is 2.70. The van der Waals surface area contributed by atoms with E-state index < -0.39 is 0 Å². The standard InChI is InChI=1S/C15H16N4O/c1-10-11(2)14(20-3)5-4-13(10)12-8-18-15(19-9-12)17-7-6-16/h4-5,8-9H,7H2,1-3H3,(H,17,18,19). The second-order valence-electron chi connectivity index (χ2n) is 4.37. The van der Waals surface area contributed by atoms with Crippen LogP contribution < -0.4 is 10.1 Å². The molecule has 0 amide bonds. The largest absolute Gasteiger partial charge is 0.496 e. The zero-order valence-electron chi connectivity index (χ0n) is 11.8. The molecular formula is C15H16N4O. The topological polar surface area (TPSA) is 70.8 Å². The van der Waals surface area contributed by atoms with Gasteiger partial charge in [0.15, 0.2) is 0 Å². The third-order valence-electron chi connectivity index (χ3n) is 3.25. The summed E-state index contributed by atoms with van der Waals surface area (Å²) in [5.41, 5.74) is 4.27. The minimum atomic E-state index is 0.194. The zero-order chi connectivity index (χ0) is 14.5. The second kappa shape index (κ2) is 6.02. The Morgan fingerprint density at radius 1 is 1.20 bits per heavy atom. The Kier molecular flexibility index (Phi) is 4.16. The van der Waals surface area contributed by atoms with Gasteiger partial charge in [0, 0.05) is 18.0 Å². The van der Waals surface area contributed by atoms with Crippen molar-refractivity contribution >= 4 is 5.95 Å². The first-order chi connectivity index (χ1) is 9.67. The van der Waals surface area contributed by atoms with Gasteiger partial charge < -0.3 is 10.1 Å². The molecule has 0 bridgehead atoms. The first-order valence-electron chi connectivity index (χ1n) is 6.24. The van der Waals surface area contributed by atoms with Crippen molar-refractivity contribution in [3.8, 4) is 22.9 Å². The lowest BCUT2D eigenvalue weighted by Gasteiger charge is -2.12. The summed E-state index contributed by atoms with van der Waals surface area (Å²) in [5.74, 6) is 1.33. The van der Waals surface area contributed by atoms with E-state index in [1.54, 1.807) is 19.5 Å². The molecule has 2 aromatic rings. The lowest BCUT2D eigenvalue weighted by Crippen LogP contribution is -2.03. The number of hydrogen-bond donors (Lipinski definition) is 1. The van der Waals surface area contributed by atoms with E-state index in [4.69, 9.17) is 10.00 Å². The Morgan fingerprint density at radius 3 is 2.50 bits per heavy atom. The van der Waals surface area contributed by atoms with Crippen molar-refractivity contribution < 1.29 is 4.74 Å². The van der Waals surface area contributed by atoms with E-state index in [1.165, 1.54) is 0 Å². The highest BCUT2D eigenvalue weighted by Crippen LogP contribution is 2.30. The van der Waals surface area contributed by atoms with Gasteiger partial charge in [0.1, 0.15) is 12.3 Å². The molecule has 0 spiro atoms. The summed E-state index contributed by atoms with van der Waals surface area (Å²) in [7, 11) is 1.67. The maximum atomic E-state index is 8.50. The van der Waals surface area contributed by atoms with Gasteiger partial charge in [-0.05, 0) is 36.6 Å². The molecule has 0 atom stereocenters. The van der Waals surface area contributed by atoms with E-state index in [2.05, 4.69) is 22.2 Å². The number of anilines is 1. The fourth-order valence-electron chi connectivity index (χ4n) is 2.01. The average Bonchev–Trinajstić information content (AvgIpc) is 2.48. The zero-order valence-corrected chi connectivity index (χ0v) is 11.8. The highest BCUT2D eigenvalue weighted by atomic mass is 16.5. The number of aromatic nitrogens is 2. The summed E-state index contributed by atoms with van der Waals surface area (Å²) < 4.78 is 5.31. The Labute approximate surface area is 118 Å². The van der Waals surface area contributed by atoms with Crippen LogP contribution in [0.25, 0.3) is 11.1 Å². The van der Waals surface area contributed by atoms with Crippen LogP contribution in [0.1, 0.15) is 11.1 Å². The number of nitrogens with one attached hydrogen (secondary N) is 1. The number of nitrogens with zero attached hydrogens (tertiary/aromatic N) is 3. The van der Waals surface area contributed by atoms with Crippen LogP contribution in [0.5, 0.6) is 5.75 Å². The third kappa shape index (κ3) is 2.69. The third-order valence-corrected chi connectivity index (χ3v) is 3.25. The van der Waals surface area contributed by atoms with Gasteiger partial charge in [-0.25, -0.2) is 9.97 Å². The van der Waals surface area contributed by atoms with Gasteiger partial charge in [-0.15, -0.1) is 0 Å². The molecule has 0 radical (unpaired) electrons. The molecule has 20 heavy (non-hydrogen) atoms. The lowest BCUT2D eigenvalue weighted by molar-refractivity contribution is 0.411. The molecule has 1 N–H and O–H groups in total. The number of hydrogen-bond acceptors (Lipinski definition) is 5. The average molecular weight is 268 g/mol. The highest BCUT2D eigenvalue weighted by Gasteiger charge is 2.09. The Bertz CT molecular complexity index is 644. The van der Waals surface area contributed by atoms with Crippen LogP contribution in [0.2, 0.25) is 0 Å². The van der Waals surface area contributed by atoms with E-state index in [1.807, 2.05) is 25.1 Å². The monoisotopic (exact) mass is 268 g/mol. The van der Waals surface area contributed by atoms with Gasteiger partial charge in [-0.3, -0.25) is 0 Å². The van der Waals surface area contributed by atoms with E-state index in [-0.39, 0.29) is 6.54 Å². The van der Waals surface area contributed by atoms with E-state index in [9.17, 15) is 0 Å². The fourth-order valence-corrected chi connectivity index (χ4v) is 2.01. The maximum absolute atomic E-state index is 8.50. The molecule has 0 aliphatic rings. The Balaban J connectivity index is 2.33. The Hall–Kier alpha value is -2.61. The molecule has 5 nitrogen and oxygen atoms in total. The number of benzene rings is 1. The molecule has 0 aliphatic carbocycles. The van der Waals surface area contributed by atoms with Crippen molar-refractivity contribution in [3.05, 3.63) is 35.7 Å². The SMILES string of the molecule is COc1ccc(-c2cnc(NCC#N)nc2)c(C)c1C. The summed E-state index contributed by atoms with van der Waals surface area (Å²) in [4.78, 5) is 8.40.